The van der Waals surface area contributed by atoms with E-state index in [1.54, 1.807) is 0 Å². The van der Waals surface area contributed by atoms with E-state index in [9.17, 15) is 18.0 Å². The number of hydrogen-bond acceptors (Lipinski definition) is 5. The maximum Gasteiger partial charge on any atom is 0.371 e. The lowest BCUT2D eigenvalue weighted by molar-refractivity contribution is -0.128. The minimum atomic E-state index is -4.02. The lowest BCUT2D eigenvalue weighted by Gasteiger charge is -2.17. The molecule has 0 atom stereocenters. The standard InChI is InChI=1S/C10H14N2O6S/c1-11(2)8(13)6-12(3)19(16,17)9-5-4-7(18-9)10(14)15/h4-5H,6H2,1-3H3,(H,14,15). The molecule has 1 N–H and O–H groups in total. The van der Waals surface area contributed by atoms with Crippen LogP contribution in [0.25, 0.3) is 0 Å². The number of aromatic carboxylic acids is 1. The molecule has 1 aromatic rings. The van der Waals surface area contributed by atoms with Crippen molar-refractivity contribution in [3.05, 3.63) is 17.9 Å². The Labute approximate surface area is 110 Å². The third kappa shape index (κ3) is 3.32. The number of nitrogens with zero attached hydrogens (tertiary/aromatic N) is 2. The van der Waals surface area contributed by atoms with E-state index >= 15 is 0 Å². The number of amides is 1. The summed E-state index contributed by atoms with van der Waals surface area (Å²) in [6, 6.07) is 2.08. The summed E-state index contributed by atoms with van der Waals surface area (Å²) >= 11 is 0. The highest BCUT2D eigenvalue weighted by molar-refractivity contribution is 7.89. The first-order valence-electron chi connectivity index (χ1n) is 5.16. The second kappa shape index (κ2) is 5.41. The Morgan fingerprint density at radius 1 is 1.26 bits per heavy atom. The molecule has 1 aromatic heterocycles. The van der Waals surface area contributed by atoms with Crippen molar-refractivity contribution < 1.29 is 27.5 Å². The lowest BCUT2D eigenvalue weighted by atomic mass is 10.5. The van der Waals surface area contributed by atoms with Gasteiger partial charge >= 0.3 is 5.97 Å². The van der Waals surface area contributed by atoms with Gasteiger partial charge in [0.1, 0.15) is 0 Å². The predicted octanol–water partition coefficient (Wildman–Crippen LogP) is -0.313. The molecule has 0 saturated carbocycles. The molecule has 0 radical (unpaired) electrons. The SMILES string of the molecule is CN(C)C(=O)CN(C)S(=O)(=O)c1ccc(C(=O)O)o1. The van der Waals surface area contributed by atoms with Crippen LogP contribution in [0.4, 0.5) is 0 Å². The fourth-order valence-electron chi connectivity index (χ4n) is 1.14. The summed E-state index contributed by atoms with van der Waals surface area (Å²) in [4.78, 5) is 23.3. The Hall–Kier alpha value is -1.87. The van der Waals surface area contributed by atoms with Gasteiger partial charge in [0, 0.05) is 21.1 Å². The molecule has 0 fully saturated rings. The number of carboxylic acid groups (broad SMARTS) is 1. The van der Waals surface area contributed by atoms with Gasteiger partial charge in [-0.25, -0.2) is 13.2 Å². The first kappa shape index (κ1) is 15.2. The molecule has 0 aliphatic heterocycles. The average molecular weight is 290 g/mol. The Morgan fingerprint density at radius 3 is 2.26 bits per heavy atom. The highest BCUT2D eigenvalue weighted by atomic mass is 32.2. The molecule has 0 aliphatic carbocycles. The molecule has 0 unspecified atom stereocenters. The molecule has 1 rings (SSSR count). The van der Waals surface area contributed by atoms with E-state index in [4.69, 9.17) is 9.52 Å². The van der Waals surface area contributed by atoms with Gasteiger partial charge in [0.2, 0.25) is 16.8 Å². The Bertz CT molecular complexity index is 589. The van der Waals surface area contributed by atoms with E-state index < -0.39 is 32.8 Å². The summed E-state index contributed by atoms with van der Waals surface area (Å²) in [6.07, 6.45) is 0. The molecular weight excluding hydrogens is 276 g/mol. The number of carbonyl (C=O) groups is 2. The van der Waals surface area contributed by atoms with Gasteiger partial charge in [0.15, 0.2) is 0 Å². The van der Waals surface area contributed by atoms with E-state index in [0.29, 0.717) is 0 Å². The van der Waals surface area contributed by atoms with Crippen molar-refractivity contribution in [3.63, 3.8) is 0 Å². The number of furan rings is 1. The normalized spacial score (nSPS) is 11.6. The molecule has 0 bridgehead atoms. The summed E-state index contributed by atoms with van der Waals surface area (Å²) in [5.41, 5.74) is 0. The van der Waals surface area contributed by atoms with Crippen molar-refractivity contribution in [1.82, 2.24) is 9.21 Å². The van der Waals surface area contributed by atoms with Crippen LogP contribution in [0.3, 0.4) is 0 Å². The molecule has 0 saturated heterocycles. The minimum absolute atomic E-state index is 0.363. The van der Waals surface area contributed by atoms with Gasteiger partial charge < -0.3 is 14.4 Å². The molecular formula is C10H14N2O6S. The number of carboxylic acids is 1. The van der Waals surface area contributed by atoms with Crippen LogP contribution in [0.15, 0.2) is 21.6 Å². The van der Waals surface area contributed by atoms with Crippen LogP contribution in [0.2, 0.25) is 0 Å². The van der Waals surface area contributed by atoms with Crippen LogP contribution < -0.4 is 0 Å². The van der Waals surface area contributed by atoms with E-state index in [1.165, 1.54) is 26.0 Å². The van der Waals surface area contributed by atoms with E-state index in [2.05, 4.69) is 0 Å². The number of likely N-dealkylation sites (N-methyl/N-ethyl adjacent to an activating group) is 2. The van der Waals surface area contributed by atoms with Gasteiger partial charge in [-0.1, -0.05) is 0 Å². The summed E-state index contributed by atoms with van der Waals surface area (Å²) in [5.74, 6) is -2.25. The molecule has 19 heavy (non-hydrogen) atoms. The van der Waals surface area contributed by atoms with Crippen molar-refractivity contribution in [2.24, 2.45) is 0 Å². The van der Waals surface area contributed by atoms with E-state index in [-0.39, 0.29) is 6.54 Å². The van der Waals surface area contributed by atoms with Crippen LogP contribution in [-0.2, 0) is 14.8 Å². The monoisotopic (exact) mass is 290 g/mol. The molecule has 0 spiro atoms. The van der Waals surface area contributed by atoms with Crippen molar-refractivity contribution in [3.8, 4) is 0 Å². The van der Waals surface area contributed by atoms with Gasteiger partial charge in [-0.3, -0.25) is 4.79 Å². The summed E-state index contributed by atoms with van der Waals surface area (Å²) in [7, 11) is 0.180. The van der Waals surface area contributed by atoms with Crippen molar-refractivity contribution in [1.29, 1.82) is 0 Å². The van der Waals surface area contributed by atoms with E-state index in [0.717, 1.165) is 16.4 Å². The minimum Gasteiger partial charge on any atom is -0.475 e. The zero-order valence-corrected chi connectivity index (χ0v) is 11.5. The fraction of sp³-hybridized carbons (Fsp3) is 0.400. The van der Waals surface area contributed by atoms with Crippen LogP contribution in [0.5, 0.6) is 0 Å². The highest BCUT2D eigenvalue weighted by Crippen LogP contribution is 2.17. The molecule has 8 nitrogen and oxygen atoms in total. The fourth-order valence-corrected chi connectivity index (χ4v) is 2.17. The quantitative estimate of drug-likeness (QED) is 0.796. The maximum absolute atomic E-state index is 12.0. The van der Waals surface area contributed by atoms with Gasteiger partial charge in [-0.2, -0.15) is 4.31 Å². The number of sulfonamides is 1. The van der Waals surface area contributed by atoms with Crippen LogP contribution in [0, 0.1) is 0 Å². The first-order valence-corrected chi connectivity index (χ1v) is 6.60. The lowest BCUT2D eigenvalue weighted by Crippen LogP contribution is -2.37. The number of rotatable bonds is 5. The number of hydrogen-bond donors (Lipinski definition) is 1. The van der Waals surface area contributed by atoms with Gasteiger partial charge in [-0.05, 0) is 12.1 Å². The largest absolute Gasteiger partial charge is 0.475 e. The zero-order valence-electron chi connectivity index (χ0n) is 10.7. The van der Waals surface area contributed by atoms with Crippen LogP contribution in [-0.4, -0.2) is 62.3 Å². The summed E-state index contributed by atoms with van der Waals surface area (Å²) in [6.45, 7) is -0.363. The molecule has 1 heterocycles. The topological polar surface area (TPSA) is 108 Å². The summed E-state index contributed by atoms with van der Waals surface area (Å²) in [5, 5.41) is 8.14. The van der Waals surface area contributed by atoms with Crippen LogP contribution >= 0.6 is 0 Å². The molecule has 9 heteroatoms. The molecule has 1 amide bonds. The number of carbonyl (C=O) groups excluding carboxylic acids is 1. The molecule has 0 aromatic carbocycles. The smallest absolute Gasteiger partial charge is 0.371 e. The Kier molecular flexibility index (Phi) is 4.32. The molecule has 0 aliphatic rings. The second-order valence-corrected chi connectivity index (χ2v) is 5.95. The van der Waals surface area contributed by atoms with Crippen molar-refractivity contribution in [2.45, 2.75) is 5.09 Å². The van der Waals surface area contributed by atoms with Gasteiger partial charge in [0.25, 0.3) is 10.0 Å². The Morgan fingerprint density at radius 2 is 1.84 bits per heavy atom. The van der Waals surface area contributed by atoms with Crippen molar-refractivity contribution >= 4 is 21.9 Å². The predicted molar refractivity (Wildman–Crippen MR) is 64.2 cm³/mol. The Balaban J connectivity index is 2.96. The maximum atomic E-state index is 12.0. The zero-order chi connectivity index (χ0) is 14.8. The molecule has 106 valence electrons. The first-order chi connectivity index (χ1) is 8.66. The van der Waals surface area contributed by atoms with E-state index in [1.807, 2.05) is 0 Å². The van der Waals surface area contributed by atoms with Gasteiger partial charge in [-0.15, -0.1) is 0 Å². The third-order valence-corrected chi connectivity index (χ3v) is 3.99. The van der Waals surface area contributed by atoms with Crippen LogP contribution in [0.1, 0.15) is 10.6 Å². The third-order valence-electron chi connectivity index (χ3n) is 2.31. The van der Waals surface area contributed by atoms with Gasteiger partial charge in [0.05, 0.1) is 6.54 Å². The summed E-state index contributed by atoms with van der Waals surface area (Å²) < 4.78 is 29.5. The average Bonchev–Trinajstić information content (AvgIpc) is 2.78. The van der Waals surface area contributed by atoms with Crippen molar-refractivity contribution in [2.75, 3.05) is 27.7 Å². The highest BCUT2D eigenvalue weighted by Gasteiger charge is 2.27. The second-order valence-electron chi connectivity index (χ2n) is 3.97.